The van der Waals surface area contributed by atoms with Crippen LogP contribution in [0.5, 0.6) is 0 Å². The Morgan fingerprint density at radius 2 is 1.91 bits per heavy atom. The Kier molecular flexibility index (Phi) is 11.0. The van der Waals surface area contributed by atoms with E-state index in [1.165, 1.54) is 6.92 Å². The number of aromatic amines is 1. The van der Waals surface area contributed by atoms with E-state index in [9.17, 15) is 9.59 Å². The third-order valence-electron chi connectivity index (χ3n) is 4.89. The van der Waals surface area contributed by atoms with E-state index in [0.29, 0.717) is 36.5 Å². The van der Waals surface area contributed by atoms with Gasteiger partial charge in [0, 0.05) is 68.0 Å². The maximum atomic E-state index is 13.2. The fraction of sp³-hybridized carbons (Fsp3) is 0.227. The van der Waals surface area contributed by atoms with Gasteiger partial charge in [0.15, 0.2) is 5.82 Å². The van der Waals surface area contributed by atoms with E-state index in [4.69, 9.17) is 0 Å². The van der Waals surface area contributed by atoms with Gasteiger partial charge in [0.25, 0.3) is 5.56 Å². The van der Waals surface area contributed by atoms with Gasteiger partial charge in [0.1, 0.15) is 5.65 Å². The summed E-state index contributed by atoms with van der Waals surface area (Å²) in [6.45, 7) is 4.21. The molecule has 0 saturated carbocycles. The van der Waals surface area contributed by atoms with Crippen LogP contribution in [0, 0.1) is 6.92 Å². The van der Waals surface area contributed by atoms with Crippen LogP contribution in [0.25, 0.3) is 16.7 Å². The minimum atomic E-state index is -0.241. The van der Waals surface area contributed by atoms with Crippen molar-refractivity contribution in [2.24, 2.45) is 0 Å². The summed E-state index contributed by atoms with van der Waals surface area (Å²) in [4.78, 5) is 40.5. The monoisotopic (exact) mass is 525 g/mol. The van der Waals surface area contributed by atoms with E-state index < -0.39 is 0 Å². The van der Waals surface area contributed by atoms with Crippen molar-refractivity contribution in [3.63, 3.8) is 0 Å². The number of pyridine rings is 2. The minimum Gasteiger partial charge on any atom is -0.365 e. The molecule has 0 aliphatic carbocycles. The lowest BCUT2D eigenvalue weighted by Gasteiger charge is -2.12. The summed E-state index contributed by atoms with van der Waals surface area (Å²) < 4.78 is 1.61. The second-order valence-corrected chi connectivity index (χ2v) is 7.21. The Bertz CT molecular complexity index is 1290. The first-order valence-electron chi connectivity index (χ1n) is 9.96. The molecule has 1 amide bonds. The standard InChI is InChI=1S/C22H23N7O2.3ClH/c1-14-10-26-21(24-8-6-17-5-3-4-7-23-17)22(31)29(14)19-13-28-20-18(19)9-16(12-27-20)11-25-15(2)30;;;/h3-5,7,9-10,12-13H,6,8,11H2,1-2H3,(H,24,26)(H,25,30)(H,27,28);3*1H. The average Bonchev–Trinajstić information content (AvgIpc) is 3.18. The van der Waals surface area contributed by atoms with Crippen LogP contribution < -0.4 is 16.2 Å². The molecule has 4 aromatic rings. The van der Waals surface area contributed by atoms with Gasteiger partial charge in [0.05, 0.1) is 5.69 Å². The van der Waals surface area contributed by atoms with Crippen molar-refractivity contribution in [1.82, 2.24) is 29.8 Å². The number of aromatic nitrogens is 5. The zero-order chi connectivity index (χ0) is 21.8. The third kappa shape index (κ3) is 6.47. The van der Waals surface area contributed by atoms with Crippen molar-refractivity contribution < 1.29 is 4.79 Å². The highest BCUT2D eigenvalue weighted by Gasteiger charge is 2.14. The smallest absolute Gasteiger partial charge is 0.298 e. The van der Waals surface area contributed by atoms with E-state index in [1.807, 2.05) is 31.2 Å². The Labute approximate surface area is 215 Å². The largest absolute Gasteiger partial charge is 0.365 e. The Balaban J connectivity index is 0.00000193. The van der Waals surface area contributed by atoms with Gasteiger partial charge < -0.3 is 15.6 Å². The number of aryl methyl sites for hydroxylation is 1. The third-order valence-corrected chi connectivity index (χ3v) is 4.89. The second-order valence-electron chi connectivity index (χ2n) is 7.21. The molecule has 34 heavy (non-hydrogen) atoms. The van der Waals surface area contributed by atoms with Crippen LogP contribution in [-0.2, 0) is 17.8 Å². The van der Waals surface area contributed by atoms with Gasteiger partial charge in [-0.3, -0.25) is 19.1 Å². The van der Waals surface area contributed by atoms with Crippen LogP contribution in [0.15, 0.2) is 53.8 Å². The molecule has 0 fully saturated rings. The van der Waals surface area contributed by atoms with Crippen molar-refractivity contribution in [3.8, 4) is 5.69 Å². The van der Waals surface area contributed by atoms with Crippen LogP contribution in [0.2, 0.25) is 0 Å². The molecule has 0 aliphatic heterocycles. The lowest BCUT2D eigenvalue weighted by Crippen LogP contribution is -2.26. The van der Waals surface area contributed by atoms with Crippen LogP contribution in [-0.4, -0.2) is 37.0 Å². The molecular weight excluding hydrogens is 501 g/mol. The molecule has 0 unspecified atom stereocenters. The highest BCUT2D eigenvalue weighted by molar-refractivity contribution is 5.86. The summed E-state index contributed by atoms with van der Waals surface area (Å²) >= 11 is 0. The lowest BCUT2D eigenvalue weighted by atomic mass is 10.2. The molecular formula is C22H26Cl3N7O2. The van der Waals surface area contributed by atoms with Crippen molar-refractivity contribution in [2.45, 2.75) is 26.8 Å². The molecule has 0 bridgehead atoms. The van der Waals surface area contributed by atoms with Crippen LogP contribution in [0.1, 0.15) is 23.9 Å². The molecule has 4 aromatic heterocycles. The van der Waals surface area contributed by atoms with E-state index in [2.05, 4.69) is 30.6 Å². The van der Waals surface area contributed by atoms with Crippen molar-refractivity contribution in [1.29, 1.82) is 0 Å². The number of fused-ring (bicyclic) bond motifs is 1. The number of carbonyl (C=O) groups excluding carboxylic acids is 1. The Morgan fingerprint density at radius 3 is 2.62 bits per heavy atom. The van der Waals surface area contributed by atoms with Gasteiger partial charge in [-0.05, 0) is 30.7 Å². The molecule has 4 heterocycles. The normalized spacial score (nSPS) is 9.94. The number of amides is 1. The van der Waals surface area contributed by atoms with Crippen LogP contribution in [0.3, 0.4) is 0 Å². The maximum absolute atomic E-state index is 13.2. The molecule has 182 valence electrons. The van der Waals surface area contributed by atoms with Gasteiger partial charge in [-0.1, -0.05) is 6.07 Å². The van der Waals surface area contributed by atoms with Gasteiger partial charge in [-0.2, -0.15) is 0 Å². The number of halogens is 3. The molecule has 0 radical (unpaired) electrons. The summed E-state index contributed by atoms with van der Waals surface area (Å²) in [7, 11) is 0. The number of nitrogens with zero attached hydrogens (tertiary/aromatic N) is 4. The minimum absolute atomic E-state index is 0. The summed E-state index contributed by atoms with van der Waals surface area (Å²) in [5, 5.41) is 6.68. The fourth-order valence-electron chi connectivity index (χ4n) is 3.35. The molecule has 9 nitrogen and oxygen atoms in total. The van der Waals surface area contributed by atoms with E-state index >= 15 is 0 Å². The van der Waals surface area contributed by atoms with Crippen molar-refractivity contribution in [2.75, 3.05) is 11.9 Å². The number of H-pyrrole nitrogens is 1. The first kappa shape index (κ1) is 28.9. The zero-order valence-corrected chi connectivity index (χ0v) is 21.0. The predicted molar refractivity (Wildman–Crippen MR) is 140 cm³/mol. The number of carbonyl (C=O) groups is 1. The SMILES string of the molecule is CC(=O)NCc1cnc2[nH]cc(-n3c(C)cnc(NCCc4ccccn4)c3=O)c2c1.Cl.Cl.Cl. The van der Waals surface area contributed by atoms with E-state index in [0.717, 1.165) is 16.6 Å². The molecule has 12 heteroatoms. The molecule has 0 spiro atoms. The van der Waals surface area contributed by atoms with Crippen molar-refractivity contribution >= 4 is 60.0 Å². The lowest BCUT2D eigenvalue weighted by molar-refractivity contribution is -0.119. The van der Waals surface area contributed by atoms with E-state index in [1.54, 1.807) is 29.4 Å². The first-order valence-corrected chi connectivity index (χ1v) is 9.96. The fourth-order valence-corrected chi connectivity index (χ4v) is 3.35. The van der Waals surface area contributed by atoms with Gasteiger partial charge >= 0.3 is 0 Å². The quantitative estimate of drug-likeness (QED) is 0.340. The molecule has 3 N–H and O–H groups in total. The topological polar surface area (TPSA) is 118 Å². The van der Waals surface area contributed by atoms with Crippen molar-refractivity contribution in [3.05, 3.63) is 76.4 Å². The van der Waals surface area contributed by atoms with Gasteiger partial charge in [-0.25, -0.2) is 9.97 Å². The Hall–Kier alpha value is -3.14. The number of hydrogen-bond acceptors (Lipinski definition) is 6. The summed E-state index contributed by atoms with van der Waals surface area (Å²) in [6.07, 6.45) is 7.55. The maximum Gasteiger partial charge on any atom is 0.298 e. The molecule has 0 aliphatic rings. The first-order chi connectivity index (χ1) is 15.0. The number of rotatable bonds is 7. The second kappa shape index (κ2) is 12.9. The van der Waals surface area contributed by atoms with Crippen LogP contribution in [0.4, 0.5) is 5.82 Å². The van der Waals surface area contributed by atoms with E-state index in [-0.39, 0.29) is 54.5 Å². The molecule has 0 saturated heterocycles. The molecule has 0 atom stereocenters. The van der Waals surface area contributed by atoms with Gasteiger partial charge in [0.2, 0.25) is 5.91 Å². The molecule has 4 rings (SSSR count). The number of anilines is 1. The Morgan fingerprint density at radius 1 is 1.12 bits per heavy atom. The number of hydrogen-bond donors (Lipinski definition) is 3. The number of nitrogens with one attached hydrogen (secondary N) is 3. The average molecular weight is 527 g/mol. The molecule has 0 aromatic carbocycles. The zero-order valence-electron chi connectivity index (χ0n) is 18.6. The summed E-state index contributed by atoms with van der Waals surface area (Å²) in [6, 6.07) is 7.67. The highest BCUT2D eigenvalue weighted by Crippen LogP contribution is 2.22. The van der Waals surface area contributed by atoms with Crippen LogP contribution >= 0.6 is 37.2 Å². The predicted octanol–water partition coefficient (Wildman–Crippen LogP) is 3.37. The summed E-state index contributed by atoms with van der Waals surface area (Å²) in [5.41, 5.74) is 3.59. The highest BCUT2D eigenvalue weighted by atomic mass is 35.5. The van der Waals surface area contributed by atoms with Gasteiger partial charge in [-0.15, -0.1) is 37.2 Å². The summed E-state index contributed by atoms with van der Waals surface area (Å²) in [5.74, 6) is 0.162.